The quantitative estimate of drug-likeness (QED) is 0.607. The van der Waals surface area contributed by atoms with Gasteiger partial charge in [0, 0.05) is 39.9 Å². The number of nitrogens with one attached hydrogen (secondary N) is 1. The molecule has 3 nitrogen and oxygen atoms in total. The lowest BCUT2D eigenvalue weighted by atomic mass is 9.79. The molecule has 0 bridgehead atoms. The fourth-order valence-electron chi connectivity index (χ4n) is 2.11. The predicted octanol–water partition coefficient (Wildman–Crippen LogP) is 2.07. The van der Waals surface area contributed by atoms with Crippen molar-refractivity contribution >= 4 is 27.6 Å². The predicted molar refractivity (Wildman–Crippen MR) is 74.3 cm³/mol. The molecule has 2 N–H and O–H groups in total. The highest BCUT2D eigenvalue weighted by molar-refractivity contribution is 14.2. The van der Waals surface area contributed by atoms with Gasteiger partial charge in [-0.1, -0.05) is 13.8 Å². The van der Waals surface area contributed by atoms with Crippen LogP contribution < -0.4 is 4.72 Å². The molecule has 0 heterocycles. The fourth-order valence-corrected chi connectivity index (χ4v) is 4.31. The van der Waals surface area contributed by atoms with Crippen LogP contribution in [0, 0.1) is 11.8 Å². The van der Waals surface area contributed by atoms with Gasteiger partial charge in [-0.2, -0.15) is 0 Å². The molecular weight excluding hydrogens is 325 g/mol. The third-order valence-corrected chi connectivity index (χ3v) is 6.46. The van der Waals surface area contributed by atoms with E-state index in [4.69, 9.17) is 5.11 Å². The first-order valence-corrected chi connectivity index (χ1v) is 10.5. The Hall–Kier alpha value is 0.800. The molecule has 3 atom stereocenters. The molecule has 92 valence electrons. The highest BCUT2D eigenvalue weighted by Gasteiger charge is 2.33. The Kier molecular flexibility index (Phi) is 4.24. The highest BCUT2D eigenvalue weighted by atomic mass is 127. The molecule has 5 heteroatoms. The van der Waals surface area contributed by atoms with Gasteiger partial charge in [0.15, 0.2) is 0 Å². The Morgan fingerprint density at radius 2 is 2.00 bits per heavy atom. The molecule has 1 aliphatic carbocycles. The molecule has 0 spiro atoms. The lowest BCUT2D eigenvalue weighted by molar-refractivity contribution is 0.241. The molecule has 1 saturated carbocycles. The first-order chi connectivity index (χ1) is 6.71. The molecule has 0 aromatic rings. The van der Waals surface area contributed by atoms with Gasteiger partial charge in [0.1, 0.15) is 5.94 Å². The normalized spacial score (nSPS) is 35.8. The van der Waals surface area contributed by atoms with E-state index in [2.05, 4.69) is 18.6 Å². The minimum Gasteiger partial charge on any atom is -0.383 e. The van der Waals surface area contributed by atoms with Crippen molar-refractivity contribution in [1.29, 1.82) is 0 Å². The zero-order valence-electron chi connectivity index (χ0n) is 9.70. The second-order valence-corrected chi connectivity index (χ2v) is 15.3. The van der Waals surface area contributed by atoms with E-state index in [1.165, 1.54) is 6.42 Å². The second-order valence-electron chi connectivity index (χ2n) is 5.12. The van der Waals surface area contributed by atoms with E-state index in [-0.39, 0.29) is 5.94 Å². The Labute approximate surface area is 105 Å². The summed E-state index contributed by atoms with van der Waals surface area (Å²) in [6, 6.07) is 0.296. The van der Waals surface area contributed by atoms with Gasteiger partial charge in [0.05, 0.1) is 0 Å². The maximum Gasteiger partial charge on any atom is 0.118 e. The van der Waals surface area contributed by atoms with Crippen molar-refractivity contribution in [3.63, 3.8) is 0 Å². The molecule has 0 saturated heterocycles. The summed E-state index contributed by atoms with van der Waals surface area (Å²) in [5.41, 5.74) is 0. The molecule has 0 radical (unpaired) electrons. The molecule has 15 heavy (non-hydrogen) atoms. The SMILES string of the molecule is C[C@@H]1CC(NS(C)(=O)(I)CO)CC[C@@H]1C. The maximum absolute atomic E-state index is 12.2. The number of aliphatic hydroxyl groups excluding tert-OH is 1. The minimum absolute atomic E-state index is 0.280. The first-order valence-electron chi connectivity index (χ1n) is 5.45. The van der Waals surface area contributed by atoms with Crippen LogP contribution in [0.15, 0.2) is 0 Å². The first kappa shape index (κ1) is 13.9. The van der Waals surface area contributed by atoms with E-state index in [0.29, 0.717) is 12.0 Å². The number of halogens is 1. The van der Waals surface area contributed by atoms with Crippen molar-refractivity contribution in [1.82, 2.24) is 4.72 Å². The Morgan fingerprint density at radius 3 is 2.47 bits per heavy atom. The summed E-state index contributed by atoms with van der Waals surface area (Å²) >= 11 is 1.88. The molecule has 1 rings (SSSR count). The van der Waals surface area contributed by atoms with Gasteiger partial charge in [0.25, 0.3) is 0 Å². The average molecular weight is 347 g/mol. The second kappa shape index (κ2) is 4.58. The summed E-state index contributed by atoms with van der Waals surface area (Å²) < 4.78 is 15.4. The van der Waals surface area contributed by atoms with Crippen LogP contribution in [0.3, 0.4) is 0 Å². The molecule has 0 aromatic carbocycles. The summed E-state index contributed by atoms with van der Waals surface area (Å²) in [5, 5.41) is 9.17. The fraction of sp³-hybridized carbons (Fsp3) is 1.00. The van der Waals surface area contributed by atoms with Crippen molar-refractivity contribution in [2.45, 2.75) is 39.2 Å². The smallest absolute Gasteiger partial charge is 0.118 e. The third-order valence-electron chi connectivity index (χ3n) is 3.35. The summed E-state index contributed by atoms with van der Waals surface area (Å²) in [6.07, 6.45) is 1.93. The van der Waals surface area contributed by atoms with Crippen LogP contribution in [0.4, 0.5) is 0 Å². The largest absolute Gasteiger partial charge is 0.383 e. The topological polar surface area (TPSA) is 49.3 Å². The van der Waals surface area contributed by atoms with Crippen LogP contribution in [-0.2, 0) is 6.42 Å². The van der Waals surface area contributed by atoms with E-state index in [0.717, 1.165) is 18.8 Å². The van der Waals surface area contributed by atoms with Gasteiger partial charge in [-0.15, -0.1) is 0 Å². The summed E-state index contributed by atoms with van der Waals surface area (Å²) in [5.74, 6) is 1.16. The van der Waals surface area contributed by atoms with Gasteiger partial charge < -0.3 is 5.11 Å². The zero-order valence-corrected chi connectivity index (χ0v) is 12.7. The van der Waals surface area contributed by atoms with Gasteiger partial charge in [-0.05, 0) is 31.1 Å². The third kappa shape index (κ3) is 4.28. The molecule has 0 aliphatic heterocycles. The van der Waals surface area contributed by atoms with E-state index < -0.39 is 6.42 Å². The molecule has 1 aliphatic rings. The van der Waals surface area contributed by atoms with Gasteiger partial charge in [0.2, 0.25) is 0 Å². The Bertz CT molecular complexity index is 289. The summed E-state index contributed by atoms with van der Waals surface area (Å²) in [7, 11) is 0. The van der Waals surface area contributed by atoms with Crippen LogP contribution in [0.25, 0.3) is 0 Å². The molecule has 1 fully saturated rings. The van der Waals surface area contributed by atoms with E-state index in [9.17, 15) is 4.21 Å². The van der Waals surface area contributed by atoms with Crippen molar-refractivity contribution < 1.29 is 9.32 Å². The average Bonchev–Trinajstić information content (AvgIpc) is 2.10. The van der Waals surface area contributed by atoms with Crippen molar-refractivity contribution in [3.05, 3.63) is 0 Å². The number of hydrogen-bond donors (Lipinski definition) is 2. The van der Waals surface area contributed by atoms with E-state index in [1.807, 2.05) is 21.2 Å². The summed E-state index contributed by atoms with van der Waals surface area (Å²) in [4.78, 5) is 0. The molecular formula is C10H22INO2S. The van der Waals surface area contributed by atoms with Crippen molar-refractivity contribution in [3.8, 4) is 0 Å². The lowest BCUT2D eigenvalue weighted by Crippen LogP contribution is -2.50. The van der Waals surface area contributed by atoms with Crippen LogP contribution in [-0.4, -0.2) is 27.6 Å². The van der Waals surface area contributed by atoms with E-state index in [1.54, 1.807) is 6.26 Å². The van der Waals surface area contributed by atoms with Gasteiger partial charge in [-0.25, -0.2) is 4.72 Å². The summed E-state index contributed by atoms with van der Waals surface area (Å²) in [6.45, 7) is 4.52. The number of aliphatic hydroxyl groups is 1. The monoisotopic (exact) mass is 347 g/mol. The molecule has 0 aromatic heterocycles. The number of rotatable bonds is 3. The van der Waals surface area contributed by atoms with E-state index >= 15 is 0 Å². The van der Waals surface area contributed by atoms with Gasteiger partial charge >= 0.3 is 0 Å². The van der Waals surface area contributed by atoms with Crippen LogP contribution in [0.2, 0.25) is 0 Å². The maximum atomic E-state index is 12.2. The van der Waals surface area contributed by atoms with Crippen molar-refractivity contribution in [2.24, 2.45) is 11.8 Å². The van der Waals surface area contributed by atoms with Crippen LogP contribution in [0.1, 0.15) is 33.1 Å². The number of hydrogen-bond acceptors (Lipinski definition) is 2. The van der Waals surface area contributed by atoms with Crippen LogP contribution >= 0.6 is 21.2 Å². The van der Waals surface area contributed by atoms with Gasteiger partial charge in [-0.3, -0.25) is 4.21 Å². The Balaban J connectivity index is 2.58. The molecule has 0 amide bonds. The minimum atomic E-state index is -3.01. The Morgan fingerprint density at radius 1 is 1.40 bits per heavy atom. The van der Waals surface area contributed by atoms with Crippen LogP contribution in [0.5, 0.6) is 0 Å². The standard InChI is InChI=1S/C10H22INO2S/c1-8-4-5-10(6-9(8)2)12-15(3,11,14)7-13/h8-10,13H,4-7H2,1-3H3,(H,12,14)/t8-,9+,10?/m0/s1. The zero-order chi connectivity index (χ0) is 11.7. The highest BCUT2D eigenvalue weighted by Crippen LogP contribution is 2.34. The molecule has 1 unspecified atom stereocenters. The lowest BCUT2D eigenvalue weighted by Gasteiger charge is -2.39. The van der Waals surface area contributed by atoms with Crippen molar-refractivity contribution in [2.75, 3.05) is 12.2 Å².